The van der Waals surface area contributed by atoms with Gasteiger partial charge in [-0.15, -0.1) is 0 Å². The molecule has 1 aliphatic carbocycles. The van der Waals surface area contributed by atoms with E-state index in [1.54, 1.807) is 22.4 Å². The van der Waals surface area contributed by atoms with Gasteiger partial charge in [-0.3, -0.25) is 14.0 Å². The molecule has 2 aliphatic rings. The first-order valence-electron chi connectivity index (χ1n) is 13.1. The van der Waals surface area contributed by atoms with Crippen molar-refractivity contribution in [3.63, 3.8) is 0 Å². The quantitative estimate of drug-likeness (QED) is 0.260. The predicted octanol–water partition coefficient (Wildman–Crippen LogP) is 5.00. The molecular weight excluding hydrogens is 554 g/mol. The summed E-state index contributed by atoms with van der Waals surface area (Å²) in [5, 5.41) is 2.26. The highest BCUT2D eigenvalue weighted by Crippen LogP contribution is 2.56. The summed E-state index contributed by atoms with van der Waals surface area (Å²) in [6.07, 6.45) is 2.60. The lowest BCUT2D eigenvalue weighted by Crippen LogP contribution is -2.38. The van der Waals surface area contributed by atoms with Gasteiger partial charge in [0, 0.05) is 35.3 Å². The molecule has 3 N–H and O–H groups in total. The summed E-state index contributed by atoms with van der Waals surface area (Å²) in [5.74, 6) is 3.59. The average molecular weight is 578 g/mol. The third kappa shape index (κ3) is 4.58. The second kappa shape index (κ2) is 9.83. The fraction of sp³-hybridized carbons (Fsp3) is 0.276. The van der Waals surface area contributed by atoms with Gasteiger partial charge in [-0.2, -0.15) is 13.2 Å². The van der Waals surface area contributed by atoms with E-state index in [1.807, 2.05) is 0 Å². The monoisotopic (exact) mass is 577 g/mol. The second-order valence-corrected chi connectivity index (χ2v) is 10.3. The van der Waals surface area contributed by atoms with Crippen LogP contribution in [0.2, 0.25) is 0 Å². The molecule has 0 bridgehead atoms. The van der Waals surface area contributed by atoms with Crippen LogP contribution >= 0.6 is 0 Å². The Morgan fingerprint density at radius 3 is 2.60 bits per heavy atom. The molecule has 13 heteroatoms. The highest BCUT2D eigenvalue weighted by molar-refractivity contribution is 6.04. The Kier molecular flexibility index (Phi) is 6.36. The Morgan fingerprint density at radius 1 is 1.12 bits per heavy atom. The molecule has 6 rings (SSSR count). The van der Waals surface area contributed by atoms with E-state index in [4.69, 9.17) is 10.7 Å². The van der Waals surface area contributed by atoms with Gasteiger partial charge in [-0.25, -0.2) is 19.3 Å². The van der Waals surface area contributed by atoms with Crippen LogP contribution in [0.5, 0.6) is 0 Å². The van der Waals surface area contributed by atoms with Gasteiger partial charge in [0.1, 0.15) is 34.5 Å². The van der Waals surface area contributed by atoms with Crippen LogP contribution in [0.3, 0.4) is 0 Å². The van der Waals surface area contributed by atoms with Gasteiger partial charge in [-0.1, -0.05) is 5.92 Å². The first-order chi connectivity index (χ1) is 20.0. The van der Waals surface area contributed by atoms with Crippen molar-refractivity contribution in [3.05, 3.63) is 71.7 Å². The molecule has 1 saturated heterocycles. The number of likely N-dealkylation sites (tertiary alicyclic amines) is 1. The lowest BCUT2D eigenvalue weighted by atomic mass is 10.1. The molecule has 42 heavy (non-hydrogen) atoms. The maximum atomic E-state index is 15.6. The average Bonchev–Trinajstić information content (AvgIpc) is 3.47. The summed E-state index contributed by atoms with van der Waals surface area (Å²) in [6.45, 7) is 1.60. The molecule has 1 aliphatic heterocycles. The number of pyridine rings is 1. The van der Waals surface area contributed by atoms with Crippen LogP contribution < -0.4 is 11.1 Å². The lowest BCUT2D eigenvalue weighted by molar-refractivity contribution is -0.137. The molecule has 1 aromatic carbocycles. The highest BCUT2D eigenvalue weighted by Gasteiger charge is 2.57. The van der Waals surface area contributed by atoms with Gasteiger partial charge in [0.25, 0.3) is 11.8 Å². The molecule has 0 unspecified atom stereocenters. The number of benzene rings is 1. The fourth-order valence-corrected chi connectivity index (χ4v) is 5.61. The largest absolute Gasteiger partial charge is 0.416 e. The molecule has 3 aromatic heterocycles. The van der Waals surface area contributed by atoms with Crippen LogP contribution in [0.1, 0.15) is 60.4 Å². The fourth-order valence-electron chi connectivity index (χ4n) is 5.61. The standard InChI is InChI=1S/C29H23F4N7O2/c1-2-3-22(41)40-20(6-8-28(40)9-10-28)26-38-23(24-25(34)36-12-13-39(24)26)18-5-4-16(14-19(18)30)27(42)37-21-15-17(7-11-35-21)29(31,32)33/h4-5,7,11-15,20H,6,8-10H2,1H3,(H2,34,36)(H,35,37,42)/t20-/m0/s1. The number of amides is 2. The zero-order chi connectivity index (χ0) is 29.8. The summed E-state index contributed by atoms with van der Waals surface area (Å²) < 4.78 is 56.4. The van der Waals surface area contributed by atoms with E-state index in [1.165, 1.54) is 18.3 Å². The normalized spacial score (nSPS) is 17.3. The summed E-state index contributed by atoms with van der Waals surface area (Å²) in [5.41, 5.74) is 5.36. The topological polar surface area (TPSA) is 119 Å². The molecule has 2 amide bonds. The molecule has 0 radical (unpaired) electrons. The Morgan fingerprint density at radius 2 is 1.90 bits per heavy atom. The van der Waals surface area contributed by atoms with E-state index >= 15 is 4.39 Å². The van der Waals surface area contributed by atoms with Gasteiger partial charge in [-0.05, 0) is 68.9 Å². The lowest BCUT2D eigenvalue weighted by Gasteiger charge is -2.28. The number of imidazole rings is 1. The smallest absolute Gasteiger partial charge is 0.382 e. The van der Waals surface area contributed by atoms with Gasteiger partial charge in [0.15, 0.2) is 0 Å². The molecule has 4 heterocycles. The van der Waals surface area contributed by atoms with Crippen LogP contribution in [0.15, 0.2) is 48.9 Å². The number of carbonyl (C=O) groups is 2. The van der Waals surface area contributed by atoms with Gasteiger partial charge in [0.05, 0.1) is 11.6 Å². The minimum atomic E-state index is -4.62. The molecule has 1 atom stereocenters. The molecule has 214 valence electrons. The third-order valence-electron chi connectivity index (χ3n) is 7.71. The van der Waals surface area contributed by atoms with Crippen LogP contribution in [-0.2, 0) is 11.0 Å². The Balaban J connectivity index is 1.36. The van der Waals surface area contributed by atoms with E-state index in [0.717, 1.165) is 37.6 Å². The number of rotatable bonds is 4. The van der Waals surface area contributed by atoms with Crippen molar-refractivity contribution in [2.24, 2.45) is 0 Å². The minimum Gasteiger partial charge on any atom is -0.382 e. The molecular formula is C29H23F4N7O2. The number of nitrogens with zero attached hydrogens (tertiary/aromatic N) is 5. The van der Waals surface area contributed by atoms with Crippen molar-refractivity contribution in [1.82, 2.24) is 24.3 Å². The first kappa shape index (κ1) is 27.2. The van der Waals surface area contributed by atoms with Gasteiger partial charge < -0.3 is 16.0 Å². The van der Waals surface area contributed by atoms with E-state index in [-0.39, 0.29) is 39.9 Å². The number of nitrogens with two attached hydrogens (primary N) is 1. The van der Waals surface area contributed by atoms with Crippen LogP contribution in [0.4, 0.5) is 29.2 Å². The van der Waals surface area contributed by atoms with Crippen molar-refractivity contribution in [3.8, 4) is 23.1 Å². The van der Waals surface area contributed by atoms with Crippen LogP contribution in [0, 0.1) is 17.7 Å². The first-order valence-corrected chi connectivity index (χ1v) is 13.1. The number of hydrogen-bond donors (Lipinski definition) is 2. The third-order valence-corrected chi connectivity index (χ3v) is 7.71. The predicted molar refractivity (Wildman–Crippen MR) is 144 cm³/mol. The van der Waals surface area contributed by atoms with E-state index in [2.05, 4.69) is 27.1 Å². The zero-order valence-corrected chi connectivity index (χ0v) is 22.2. The minimum absolute atomic E-state index is 0.0255. The number of hydrogen-bond acceptors (Lipinski definition) is 6. The van der Waals surface area contributed by atoms with Crippen molar-refractivity contribution < 1.29 is 27.2 Å². The number of nitrogen functional groups attached to an aromatic ring is 1. The summed E-state index contributed by atoms with van der Waals surface area (Å²) in [6, 6.07) is 4.65. The van der Waals surface area contributed by atoms with Crippen LogP contribution in [-0.4, -0.2) is 41.6 Å². The second-order valence-electron chi connectivity index (χ2n) is 10.3. The molecule has 2 fully saturated rings. The number of carbonyl (C=O) groups excluding carboxylic acids is 2. The highest BCUT2D eigenvalue weighted by atomic mass is 19.4. The van der Waals surface area contributed by atoms with Crippen LogP contribution in [0.25, 0.3) is 16.8 Å². The number of fused-ring (bicyclic) bond motifs is 1. The van der Waals surface area contributed by atoms with Crippen molar-refractivity contribution in [2.75, 3.05) is 11.1 Å². The number of nitrogens with one attached hydrogen (secondary N) is 1. The van der Waals surface area contributed by atoms with E-state index in [0.29, 0.717) is 23.8 Å². The Bertz CT molecular complexity index is 1820. The maximum absolute atomic E-state index is 15.6. The van der Waals surface area contributed by atoms with Crippen molar-refractivity contribution >= 4 is 29.0 Å². The van der Waals surface area contributed by atoms with Crippen molar-refractivity contribution in [2.45, 2.75) is 50.4 Å². The number of alkyl halides is 3. The summed E-state index contributed by atoms with van der Waals surface area (Å²) >= 11 is 0. The number of anilines is 2. The summed E-state index contributed by atoms with van der Waals surface area (Å²) in [4.78, 5) is 40.2. The zero-order valence-electron chi connectivity index (χ0n) is 22.2. The van der Waals surface area contributed by atoms with E-state index < -0.39 is 29.5 Å². The Hall–Kier alpha value is -4.99. The van der Waals surface area contributed by atoms with E-state index in [9.17, 15) is 22.8 Å². The molecule has 1 saturated carbocycles. The van der Waals surface area contributed by atoms with Gasteiger partial charge >= 0.3 is 6.18 Å². The molecule has 9 nitrogen and oxygen atoms in total. The number of aromatic nitrogens is 4. The maximum Gasteiger partial charge on any atom is 0.416 e. The SMILES string of the molecule is CC#CC(=O)N1[C@H](c2nc(-c3ccc(C(=O)Nc4cc(C(F)(F)F)ccn4)cc3F)c3c(N)nccn23)CCC12CC2. The molecule has 1 spiro atoms. The van der Waals surface area contributed by atoms with Gasteiger partial charge in [0.2, 0.25) is 0 Å². The summed E-state index contributed by atoms with van der Waals surface area (Å²) in [7, 11) is 0. The number of halogens is 4. The Labute approximate surface area is 236 Å². The molecule has 4 aromatic rings. The van der Waals surface area contributed by atoms with Crippen molar-refractivity contribution in [1.29, 1.82) is 0 Å².